The molecule has 0 N–H and O–H groups in total. The fourth-order valence-electron chi connectivity index (χ4n) is 1.39. The lowest BCUT2D eigenvalue weighted by molar-refractivity contribution is -0.671. The fourth-order valence-corrected chi connectivity index (χ4v) is 1.39. The van der Waals surface area contributed by atoms with Gasteiger partial charge in [0.2, 0.25) is 0 Å². The SMILES string of the molecule is [14CH3][n+]1ccc(-c2cc[n+]([14CH3])cc2)cc1. The average molecular weight is 190 g/mol. The molecule has 70 valence electrons. The van der Waals surface area contributed by atoms with Gasteiger partial charge in [-0.2, -0.15) is 0 Å². The van der Waals surface area contributed by atoms with Crippen molar-refractivity contribution in [3.63, 3.8) is 0 Å². The average Bonchev–Trinajstić information content (AvgIpc) is 2.21. The number of rotatable bonds is 1. The van der Waals surface area contributed by atoms with Crippen LogP contribution in [0.15, 0.2) is 49.1 Å². The van der Waals surface area contributed by atoms with Crippen molar-refractivity contribution >= 4 is 0 Å². The van der Waals surface area contributed by atoms with Gasteiger partial charge in [0.25, 0.3) is 0 Å². The van der Waals surface area contributed by atoms with Crippen molar-refractivity contribution in [2.75, 3.05) is 0 Å². The van der Waals surface area contributed by atoms with Gasteiger partial charge >= 0.3 is 0 Å². The Kier molecular flexibility index (Phi) is 2.27. The molecule has 0 fully saturated rings. The number of pyridine rings is 2. The first kappa shape index (κ1) is 8.88. The van der Waals surface area contributed by atoms with E-state index in [0.717, 1.165) is 0 Å². The number of nitrogens with zero attached hydrogens (tertiary/aromatic N) is 2. The summed E-state index contributed by atoms with van der Waals surface area (Å²) in [7, 11) is 4.05. The van der Waals surface area contributed by atoms with Crippen molar-refractivity contribution < 1.29 is 9.13 Å². The summed E-state index contributed by atoms with van der Waals surface area (Å²) in [5, 5.41) is 0. The summed E-state index contributed by atoms with van der Waals surface area (Å²) in [6.07, 6.45) is 8.23. The maximum atomic E-state index is 2.12. The third kappa shape index (κ3) is 1.79. The van der Waals surface area contributed by atoms with E-state index in [1.54, 1.807) is 0 Å². The van der Waals surface area contributed by atoms with Gasteiger partial charge in [-0.3, -0.25) is 0 Å². The van der Waals surface area contributed by atoms with Gasteiger partial charge in [-0.15, -0.1) is 0 Å². The molecule has 0 unspecified atom stereocenters. The van der Waals surface area contributed by atoms with Crippen LogP contribution in [0, 0.1) is 0 Å². The van der Waals surface area contributed by atoms with E-state index in [1.165, 1.54) is 11.1 Å². The Morgan fingerprint density at radius 2 is 0.929 bits per heavy atom. The molecule has 2 rings (SSSR count). The summed E-state index contributed by atoms with van der Waals surface area (Å²) in [5.74, 6) is 0. The summed E-state index contributed by atoms with van der Waals surface area (Å²) in [6, 6.07) is 8.48. The Balaban J connectivity index is 2.40. The largest absolute Gasteiger partial charge is 0.208 e. The highest BCUT2D eigenvalue weighted by Crippen LogP contribution is 2.14. The molecule has 0 aromatic carbocycles. The van der Waals surface area contributed by atoms with Crippen molar-refractivity contribution in [3.8, 4) is 11.1 Å². The molecule has 14 heavy (non-hydrogen) atoms. The monoisotopic (exact) mass is 190 g/mol. The predicted molar refractivity (Wildman–Crippen MR) is 54.2 cm³/mol. The predicted octanol–water partition coefficient (Wildman–Crippen LogP) is 1.00. The number of hydrogen-bond donors (Lipinski definition) is 0. The lowest BCUT2D eigenvalue weighted by atomic mass is 10.1. The highest BCUT2D eigenvalue weighted by Gasteiger charge is 2.00. The zero-order valence-corrected chi connectivity index (χ0v) is 8.51. The van der Waals surface area contributed by atoms with Crippen LogP contribution in [0.1, 0.15) is 0 Å². The quantitative estimate of drug-likeness (QED) is 0.593. The lowest BCUT2D eigenvalue weighted by Crippen LogP contribution is -2.26. The van der Waals surface area contributed by atoms with E-state index in [1.807, 2.05) is 23.2 Å². The first-order chi connectivity index (χ1) is 6.75. The fraction of sp³-hybridized carbons (Fsp3) is 0.167. The van der Waals surface area contributed by atoms with E-state index in [-0.39, 0.29) is 0 Å². The van der Waals surface area contributed by atoms with E-state index in [4.69, 9.17) is 0 Å². The molecule has 0 aliphatic rings. The lowest BCUT2D eigenvalue weighted by Gasteiger charge is -1.97. The maximum Gasteiger partial charge on any atom is 0.169 e. The van der Waals surface area contributed by atoms with Gasteiger partial charge in [0.15, 0.2) is 24.8 Å². The Hall–Kier alpha value is -1.70. The normalized spacial score (nSPS) is 10.1. The van der Waals surface area contributed by atoms with Crippen molar-refractivity contribution in [2.24, 2.45) is 14.1 Å². The summed E-state index contributed by atoms with van der Waals surface area (Å²) >= 11 is 0. The first-order valence-corrected chi connectivity index (χ1v) is 4.67. The van der Waals surface area contributed by atoms with Crippen molar-refractivity contribution in [1.82, 2.24) is 0 Å². The molecular weight excluding hydrogens is 176 g/mol. The maximum absolute atomic E-state index is 2.12. The van der Waals surface area contributed by atoms with Crippen LogP contribution in [0.4, 0.5) is 0 Å². The first-order valence-electron chi connectivity index (χ1n) is 4.67. The Labute approximate surface area is 84.1 Å². The minimum Gasteiger partial charge on any atom is -0.208 e. The number of aromatic nitrogens is 2. The zero-order valence-electron chi connectivity index (χ0n) is 8.51. The molecule has 0 radical (unpaired) electrons. The Bertz CT molecular complexity index is 372. The van der Waals surface area contributed by atoms with Crippen LogP contribution < -0.4 is 9.13 Å². The standard InChI is InChI=1S/C12H14N2/c1-13-7-3-11(4-8-13)12-5-9-14(2)10-6-12/h3-10H,1-2H3/q+2/i1+2,2+2. The minimum atomic E-state index is 1.25. The van der Waals surface area contributed by atoms with Crippen LogP contribution >= 0.6 is 0 Å². The molecule has 0 saturated carbocycles. The van der Waals surface area contributed by atoms with Crippen molar-refractivity contribution in [3.05, 3.63) is 49.1 Å². The zero-order chi connectivity index (χ0) is 9.97. The van der Waals surface area contributed by atoms with Gasteiger partial charge in [0.1, 0.15) is 14.1 Å². The molecule has 2 aromatic heterocycles. The topological polar surface area (TPSA) is 7.76 Å². The second kappa shape index (κ2) is 3.58. The minimum absolute atomic E-state index is 1.25. The Morgan fingerprint density at radius 3 is 1.21 bits per heavy atom. The van der Waals surface area contributed by atoms with Crippen molar-refractivity contribution in [1.29, 1.82) is 0 Å². The molecule has 2 heterocycles. The van der Waals surface area contributed by atoms with Crippen LogP contribution in [-0.2, 0) is 14.1 Å². The highest BCUT2D eigenvalue weighted by atomic mass is 15.3. The van der Waals surface area contributed by atoms with E-state index >= 15 is 0 Å². The number of hydrogen-bond acceptors (Lipinski definition) is 0. The molecule has 2 heteroatoms. The molecule has 0 spiro atoms. The van der Waals surface area contributed by atoms with Crippen LogP contribution in [-0.4, -0.2) is 0 Å². The van der Waals surface area contributed by atoms with Gasteiger partial charge in [-0.25, -0.2) is 9.13 Å². The summed E-state index contributed by atoms with van der Waals surface area (Å²) < 4.78 is 4.07. The molecule has 0 atom stereocenters. The summed E-state index contributed by atoms with van der Waals surface area (Å²) in [5.41, 5.74) is 2.51. The smallest absolute Gasteiger partial charge is 0.169 e. The molecule has 0 bridgehead atoms. The highest BCUT2D eigenvalue weighted by molar-refractivity contribution is 5.60. The van der Waals surface area contributed by atoms with Gasteiger partial charge in [-0.05, 0) is 11.1 Å². The molecule has 0 saturated heterocycles. The van der Waals surface area contributed by atoms with Gasteiger partial charge in [0, 0.05) is 24.3 Å². The molecular formula is C12H14N2+2. The van der Waals surface area contributed by atoms with Crippen LogP contribution in [0.5, 0.6) is 0 Å². The van der Waals surface area contributed by atoms with Crippen LogP contribution in [0.2, 0.25) is 0 Å². The molecule has 2 aromatic rings. The second-order valence-corrected chi connectivity index (χ2v) is 3.50. The third-order valence-electron chi connectivity index (χ3n) is 2.29. The molecule has 0 aliphatic heterocycles. The van der Waals surface area contributed by atoms with E-state index in [0.29, 0.717) is 0 Å². The van der Waals surface area contributed by atoms with E-state index in [2.05, 4.69) is 49.1 Å². The molecule has 0 amide bonds. The second-order valence-electron chi connectivity index (χ2n) is 3.50. The van der Waals surface area contributed by atoms with Crippen LogP contribution in [0.25, 0.3) is 11.1 Å². The Morgan fingerprint density at radius 1 is 0.643 bits per heavy atom. The van der Waals surface area contributed by atoms with E-state index < -0.39 is 0 Å². The van der Waals surface area contributed by atoms with Gasteiger partial charge < -0.3 is 0 Å². The van der Waals surface area contributed by atoms with Gasteiger partial charge in [-0.1, -0.05) is 0 Å². The van der Waals surface area contributed by atoms with Crippen LogP contribution in [0.3, 0.4) is 0 Å². The third-order valence-corrected chi connectivity index (χ3v) is 2.29. The molecule has 0 aliphatic carbocycles. The van der Waals surface area contributed by atoms with Gasteiger partial charge in [0.05, 0.1) is 0 Å². The molecule has 2 nitrogen and oxygen atoms in total. The van der Waals surface area contributed by atoms with Crippen molar-refractivity contribution in [2.45, 2.75) is 0 Å². The summed E-state index contributed by atoms with van der Waals surface area (Å²) in [4.78, 5) is 0. The summed E-state index contributed by atoms with van der Waals surface area (Å²) in [6.45, 7) is 0. The van der Waals surface area contributed by atoms with E-state index in [9.17, 15) is 0 Å². The number of aryl methyl sites for hydroxylation is 2.